The van der Waals surface area contributed by atoms with E-state index in [-0.39, 0.29) is 12.0 Å². The third-order valence-electron chi connectivity index (χ3n) is 5.88. The fourth-order valence-corrected chi connectivity index (χ4v) is 5.14. The van der Waals surface area contributed by atoms with Gasteiger partial charge in [0.05, 0.1) is 17.8 Å². The molecule has 0 unspecified atom stereocenters. The van der Waals surface area contributed by atoms with Gasteiger partial charge >= 0.3 is 0 Å². The monoisotopic (exact) mass is 394 g/mol. The summed E-state index contributed by atoms with van der Waals surface area (Å²) in [6, 6.07) is 8.21. The minimum Gasteiger partial charge on any atom is -0.390 e. The summed E-state index contributed by atoms with van der Waals surface area (Å²) >= 11 is 1.81. The molecule has 2 aliphatic rings. The Labute approximate surface area is 167 Å². The van der Waals surface area contributed by atoms with Crippen LogP contribution in [0.2, 0.25) is 0 Å². The van der Waals surface area contributed by atoms with Gasteiger partial charge in [-0.05, 0) is 48.9 Å². The smallest absolute Gasteiger partial charge is 0.143 e. The molecule has 4 atom stereocenters. The van der Waals surface area contributed by atoms with Crippen LogP contribution >= 0.6 is 11.8 Å². The summed E-state index contributed by atoms with van der Waals surface area (Å²) in [7, 11) is 0. The van der Waals surface area contributed by atoms with Crippen LogP contribution in [0.25, 0.3) is 11.0 Å². The number of thioether (sulfide) groups is 1. The number of nitrogens with zero attached hydrogens (tertiary/aromatic N) is 4. The zero-order valence-corrected chi connectivity index (χ0v) is 16.2. The molecule has 2 aromatic heterocycles. The first-order chi connectivity index (χ1) is 13.7. The second-order valence-electron chi connectivity index (χ2n) is 7.53. The SMILES string of the molecule is O[C@@H]1[C@@H](CCc2ccc3c(c2)N=CCS3)C[C@@H](n2ccc3cncnc32)[C@@H]1O. The Morgan fingerprint density at radius 1 is 1.18 bits per heavy atom. The molecule has 3 heterocycles. The Bertz CT molecular complexity index is 1030. The van der Waals surface area contributed by atoms with E-state index in [1.807, 2.05) is 23.0 Å². The molecule has 28 heavy (non-hydrogen) atoms. The largest absolute Gasteiger partial charge is 0.390 e. The molecule has 1 aliphatic heterocycles. The summed E-state index contributed by atoms with van der Waals surface area (Å²) in [6.07, 6.45) is 8.08. The molecule has 1 aliphatic carbocycles. The van der Waals surface area contributed by atoms with Crippen LogP contribution in [-0.4, -0.2) is 48.9 Å². The van der Waals surface area contributed by atoms with Gasteiger partial charge in [-0.3, -0.25) is 4.99 Å². The molecule has 2 N–H and O–H groups in total. The highest BCUT2D eigenvalue weighted by Gasteiger charge is 2.42. The van der Waals surface area contributed by atoms with E-state index in [0.29, 0.717) is 0 Å². The number of aliphatic imine (C=N–C) groups is 1. The number of aryl methyl sites for hydroxylation is 1. The van der Waals surface area contributed by atoms with Gasteiger partial charge in [-0.25, -0.2) is 9.97 Å². The second-order valence-corrected chi connectivity index (χ2v) is 8.59. The van der Waals surface area contributed by atoms with E-state index >= 15 is 0 Å². The first-order valence-electron chi connectivity index (χ1n) is 9.61. The molecule has 5 rings (SSSR count). The minimum atomic E-state index is -0.792. The molecule has 1 fully saturated rings. The van der Waals surface area contributed by atoms with E-state index in [0.717, 1.165) is 41.7 Å². The predicted molar refractivity (Wildman–Crippen MR) is 110 cm³/mol. The van der Waals surface area contributed by atoms with Crippen molar-refractivity contribution in [2.45, 2.75) is 42.4 Å². The Morgan fingerprint density at radius 2 is 2.11 bits per heavy atom. The highest BCUT2D eigenvalue weighted by molar-refractivity contribution is 8.00. The second kappa shape index (κ2) is 7.31. The maximum atomic E-state index is 10.7. The molecule has 1 saturated carbocycles. The number of aliphatic hydroxyl groups is 2. The van der Waals surface area contributed by atoms with Gasteiger partial charge in [0.25, 0.3) is 0 Å². The van der Waals surface area contributed by atoms with E-state index in [1.54, 1.807) is 18.0 Å². The number of fused-ring (bicyclic) bond motifs is 2. The Morgan fingerprint density at radius 3 is 3.04 bits per heavy atom. The third-order valence-corrected chi connectivity index (χ3v) is 6.85. The minimum absolute atomic E-state index is 0.0493. The average molecular weight is 395 g/mol. The summed E-state index contributed by atoms with van der Waals surface area (Å²) in [5.41, 5.74) is 3.07. The van der Waals surface area contributed by atoms with E-state index in [9.17, 15) is 10.2 Å². The van der Waals surface area contributed by atoms with Crippen molar-refractivity contribution in [3.8, 4) is 0 Å². The Hall–Kier alpha value is -2.22. The molecule has 3 aromatic rings. The van der Waals surface area contributed by atoms with Crippen LogP contribution in [0.15, 0.2) is 52.9 Å². The molecule has 1 aromatic carbocycles. The van der Waals surface area contributed by atoms with Crippen LogP contribution in [-0.2, 0) is 6.42 Å². The fraction of sp³-hybridized carbons (Fsp3) is 0.381. The summed E-state index contributed by atoms with van der Waals surface area (Å²) in [5, 5.41) is 22.3. The normalized spacial score (nSPS) is 26.6. The van der Waals surface area contributed by atoms with Gasteiger partial charge in [0, 0.05) is 34.6 Å². The molecule has 0 radical (unpaired) electrons. The molecule has 0 bridgehead atoms. The lowest BCUT2D eigenvalue weighted by Crippen LogP contribution is -2.29. The highest BCUT2D eigenvalue weighted by atomic mass is 32.2. The topological polar surface area (TPSA) is 83.5 Å². The van der Waals surface area contributed by atoms with Crippen molar-refractivity contribution in [1.82, 2.24) is 14.5 Å². The molecule has 0 amide bonds. The zero-order valence-electron chi connectivity index (χ0n) is 15.3. The number of hydrogen-bond acceptors (Lipinski definition) is 6. The lowest BCUT2D eigenvalue weighted by atomic mass is 9.96. The maximum Gasteiger partial charge on any atom is 0.143 e. The zero-order chi connectivity index (χ0) is 19.1. The quantitative estimate of drug-likeness (QED) is 0.710. The lowest BCUT2D eigenvalue weighted by Gasteiger charge is -2.19. The van der Waals surface area contributed by atoms with Crippen molar-refractivity contribution in [3.05, 3.63) is 48.5 Å². The van der Waals surface area contributed by atoms with Crippen molar-refractivity contribution in [1.29, 1.82) is 0 Å². The summed E-state index contributed by atoms with van der Waals surface area (Å²) in [6.45, 7) is 0. The summed E-state index contributed by atoms with van der Waals surface area (Å²) < 4.78 is 1.98. The molecule has 144 valence electrons. The fourth-order valence-electron chi connectivity index (χ4n) is 4.38. The molecule has 0 saturated heterocycles. The average Bonchev–Trinajstić information content (AvgIpc) is 3.28. The van der Waals surface area contributed by atoms with E-state index in [2.05, 4.69) is 33.2 Å². The number of aliphatic hydroxyl groups excluding tert-OH is 2. The van der Waals surface area contributed by atoms with Crippen molar-refractivity contribution < 1.29 is 10.2 Å². The van der Waals surface area contributed by atoms with E-state index in [1.165, 1.54) is 16.8 Å². The molecular formula is C21H22N4O2S. The van der Waals surface area contributed by atoms with Crippen molar-refractivity contribution in [2.24, 2.45) is 10.9 Å². The summed E-state index contributed by atoms with van der Waals surface area (Å²) in [5.74, 6) is 0.979. The molecule has 0 spiro atoms. The van der Waals surface area contributed by atoms with Gasteiger partial charge in [0.1, 0.15) is 18.1 Å². The van der Waals surface area contributed by atoms with Gasteiger partial charge in [0.15, 0.2) is 0 Å². The van der Waals surface area contributed by atoms with Crippen molar-refractivity contribution in [2.75, 3.05) is 5.75 Å². The first-order valence-corrected chi connectivity index (χ1v) is 10.6. The first kappa shape index (κ1) is 17.8. The molecule has 7 heteroatoms. The van der Waals surface area contributed by atoms with Gasteiger partial charge in [0.2, 0.25) is 0 Å². The van der Waals surface area contributed by atoms with Crippen LogP contribution in [0.5, 0.6) is 0 Å². The van der Waals surface area contributed by atoms with Crippen LogP contribution in [0.1, 0.15) is 24.4 Å². The van der Waals surface area contributed by atoms with Crippen LogP contribution in [0.4, 0.5) is 5.69 Å². The van der Waals surface area contributed by atoms with Crippen LogP contribution in [0.3, 0.4) is 0 Å². The highest BCUT2D eigenvalue weighted by Crippen LogP contribution is 2.40. The van der Waals surface area contributed by atoms with Gasteiger partial charge in [-0.15, -0.1) is 11.8 Å². The van der Waals surface area contributed by atoms with Crippen molar-refractivity contribution >= 4 is 34.7 Å². The van der Waals surface area contributed by atoms with Crippen LogP contribution in [0, 0.1) is 5.92 Å². The van der Waals surface area contributed by atoms with E-state index < -0.39 is 12.2 Å². The third kappa shape index (κ3) is 3.13. The van der Waals surface area contributed by atoms with Crippen molar-refractivity contribution in [3.63, 3.8) is 0 Å². The number of hydrogen-bond donors (Lipinski definition) is 2. The summed E-state index contributed by atoms with van der Waals surface area (Å²) in [4.78, 5) is 14.1. The number of aromatic nitrogens is 3. The number of rotatable bonds is 4. The molecule has 6 nitrogen and oxygen atoms in total. The van der Waals surface area contributed by atoms with E-state index in [4.69, 9.17) is 0 Å². The standard InChI is InChI=1S/C21H22N4O2S/c26-19-14(3-1-13-2-4-18-16(9-13)23-6-8-28-18)10-17(20(19)27)25-7-5-15-11-22-12-24-21(15)25/h2,4-7,9,11-12,14,17,19-20,26-27H,1,3,8,10H2/t14-,17+,19+,20-/m0/s1. The Kier molecular flexibility index (Phi) is 4.66. The Balaban J connectivity index is 1.31. The van der Waals surface area contributed by atoms with Gasteiger partial charge in [-0.1, -0.05) is 6.07 Å². The number of benzene rings is 1. The molecular weight excluding hydrogens is 372 g/mol. The van der Waals surface area contributed by atoms with Crippen LogP contribution < -0.4 is 0 Å². The van der Waals surface area contributed by atoms with Gasteiger partial charge in [-0.2, -0.15) is 0 Å². The maximum absolute atomic E-state index is 10.7. The lowest BCUT2D eigenvalue weighted by molar-refractivity contribution is 0.00545. The van der Waals surface area contributed by atoms with Gasteiger partial charge < -0.3 is 14.8 Å². The predicted octanol–water partition coefficient (Wildman–Crippen LogP) is 3.15.